The zero-order valence-electron chi connectivity index (χ0n) is 42.3. The van der Waals surface area contributed by atoms with Crippen molar-refractivity contribution in [3.8, 4) is 11.1 Å². The molecule has 0 fully saturated rings. The number of fused-ring (bicyclic) bond motifs is 4. The fourth-order valence-corrected chi connectivity index (χ4v) is 16.2. The zero-order valence-corrected chi connectivity index (χ0v) is 43.3. The van der Waals surface area contributed by atoms with Crippen molar-refractivity contribution in [2.45, 2.75) is 78.6 Å². The van der Waals surface area contributed by atoms with Crippen LogP contribution in [0.4, 0.5) is 34.1 Å². The average molecular weight is 923 g/mol. The molecule has 0 radical (unpaired) electrons. The summed E-state index contributed by atoms with van der Waals surface area (Å²) in [7, 11) is -2.94. The molecule has 0 aromatic heterocycles. The molecule has 9 aromatic carbocycles. The van der Waals surface area contributed by atoms with Crippen LogP contribution in [0.2, 0.25) is 0 Å². The smallest absolute Gasteiger partial charge is 0.252 e. The van der Waals surface area contributed by atoms with Crippen molar-refractivity contribution < 1.29 is 0 Å². The lowest BCUT2D eigenvalue weighted by Crippen LogP contribution is -2.75. The molecule has 2 aliphatic heterocycles. The lowest BCUT2D eigenvalue weighted by molar-refractivity contribution is 0.589. The highest BCUT2D eigenvalue weighted by Gasteiger charge is 2.47. The highest BCUT2D eigenvalue weighted by Crippen LogP contribution is 2.48. The Kier molecular flexibility index (Phi) is 11.1. The van der Waals surface area contributed by atoms with Crippen molar-refractivity contribution in [1.29, 1.82) is 0 Å². The van der Waals surface area contributed by atoms with E-state index < -0.39 is 8.07 Å². The van der Waals surface area contributed by atoms with E-state index in [0.717, 1.165) is 0 Å². The van der Waals surface area contributed by atoms with Crippen molar-refractivity contribution in [3.63, 3.8) is 0 Å². The minimum atomic E-state index is -2.94. The van der Waals surface area contributed by atoms with Gasteiger partial charge in [0.2, 0.25) is 0 Å². The Morgan fingerprint density at radius 3 is 1.31 bits per heavy atom. The number of benzene rings is 9. The van der Waals surface area contributed by atoms with Crippen LogP contribution in [0.25, 0.3) is 11.1 Å². The minimum absolute atomic E-state index is 0.0300. The van der Waals surface area contributed by atoms with E-state index in [4.69, 9.17) is 0 Å². The van der Waals surface area contributed by atoms with Gasteiger partial charge in [0, 0.05) is 34.0 Å². The quantitative estimate of drug-likeness (QED) is 0.116. The van der Waals surface area contributed by atoms with E-state index in [1.807, 2.05) is 0 Å². The third kappa shape index (κ3) is 7.56. The van der Waals surface area contributed by atoms with Gasteiger partial charge in [-0.15, -0.1) is 0 Å². The van der Waals surface area contributed by atoms with Crippen molar-refractivity contribution in [1.82, 2.24) is 0 Å². The molecule has 0 N–H and O–H groups in total. The van der Waals surface area contributed by atoms with Crippen LogP contribution in [0.15, 0.2) is 218 Å². The zero-order chi connectivity index (χ0) is 48.6. The monoisotopic (exact) mass is 922 g/mol. The SMILES string of the molecule is CC(C)(C)c1ccc(N2c3ccc(C(C)(C)C)cc3B3c4cc([Si](c5ccccc5)(c5ccccc5)c5ccccc5)ccc4N(c4ccccc4-c4ccccc4)c4cc(C(C)(C)C)cc2c43)cc1. The summed E-state index contributed by atoms with van der Waals surface area (Å²) in [4.78, 5) is 5.22. The van der Waals surface area contributed by atoms with Crippen LogP contribution in [0, 0.1) is 0 Å². The number of rotatable bonds is 7. The summed E-state index contributed by atoms with van der Waals surface area (Å²) in [5, 5.41) is 5.48. The number of anilines is 6. The Hall–Kier alpha value is -7.14. The van der Waals surface area contributed by atoms with Gasteiger partial charge >= 0.3 is 0 Å². The van der Waals surface area contributed by atoms with E-state index in [1.165, 1.54) is 99.1 Å². The molecule has 11 rings (SSSR count). The Morgan fingerprint density at radius 1 is 0.329 bits per heavy atom. The predicted octanol–water partition coefficient (Wildman–Crippen LogP) is 12.7. The van der Waals surface area contributed by atoms with E-state index in [0.29, 0.717) is 0 Å². The molecule has 2 nitrogen and oxygen atoms in total. The molecule has 4 heteroatoms. The third-order valence-corrected chi connectivity index (χ3v) is 19.8. The molecular formula is C66H63BN2Si. The maximum absolute atomic E-state index is 2.94. The van der Waals surface area contributed by atoms with Gasteiger partial charge in [0.05, 0.1) is 5.69 Å². The van der Waals surface area contributed by atoms with Gasteiger partial charge in [-0.05, 0) is 118 Å². The second kappa shape index (κ2) is 17.1. The molecule has 0 amide bonds. The average Bonchev–Trinajstić information content (AvgIpc) is 3.37. The maximum atomic E-state index is 2.66. The van der Waals surface area contributed by atoms with E-state index in [9.17, 15) is 0 Å². The maximum Gasteiger partial charge on any atom is 0.252 e. The lowest BCUT2D eigenvalue weighted by Gasteiger charge is -2.46. The fourth-order valence-electron chi connectivity index (χ4n) is 11.4. The normalized spacial score (nSPS) is 13.4. The second-order valence-corrected chi connectivity index (χ2v) is 26.4. The molecule has 0 atom stereocenters. The topological polar surface area (TPSA) is 6.48 Å². The van der Waals surface area contributed by atoms with Crippen molar-refractivity contribution in [3.05, 3.63) is 235 Å². The summed E-state index contributed by atoms with van der Waals surface area (Å²) in [6, 6.07) is 83.6. The van der Waals surface area contributed by atoms with Crippen LogP contribution in [0.1, 0.15) is 79.0 Å². The van der Waals surface area contributed by atoms with Gasteiger partial charge in [-0.25, -0.2) is 0 Å². The highest BCUT2D eigenvalue weighted by molar-refractivity contribution is 7.20. The second-order valence-electron chi connectivity index (χ2n) is 22.6. The van der Waals surface area contributed by atoms with E-state index in [2.05, 4.69) is 291 Å². The molecule has 0 saturated carbocycles. The third-order valence-electron chi connectivity index (χ3n) is 15.1. The summed E-state index contributed by atoms with van der Waals surface area (Å²) < 4.78 is 0. The van der Waals surface area contributed by atoms with E-state index in [-0.39, 0.29) is 23.0 Å². The molecule has 2 heterocycles. The highest BCUT2D eigenvalue weighted by atomic mass is 28.3. The van der Waals surface area contributed by atoms with Gasteiger partial charge in [0.25, 0.3) is 6.71 Å². The van der Waals surface area contributed by atoms with Crippen LogP contribution in [-0.4, -0.2) is 14.8 Å². The van der Waals surface area contributed by atoms with Crippen LogP contribution in [0.5, 0.6) is 0 Å². The molecular weight excluding hydrogens is 860 g/mol. The summed E-state index contributed by atoms with van der Waals surface area (Å²) in [5.41, 5.74) is 17.5. The summed E-state index contributed by atoms with van der Waals surface area (Å²) in [6.45, 7) is 21.0. The molecule has 70 heavy (non-hydrogen) atoms. The molecule has 0 bridgehead atoms. The molecule has 0 saturated heterocycles. The number of hydrogen-bond donors (Lipinski definition) is 0. The largest absolute Gasteiger partial charge is 0.311 e. The van der Waals surface area contributed by atoms with Gasteiger partial charge in [-0.1, -0.05) is 238 Å². The first-order chi connectivity index (χ1) is 33.6. The van der Waals surface area contributed by atoms with Gasteiger partial charge in [-0.3, -0.25) is 0 Å². The van der Waals surface area contributed by atoms with Gasteiger partial charge in [0.1, 0.15) is 0 Å². The Bertz CT molecular complexity index is 3270. The van der Waals surface area contributed by atoms with Crippen molar-refractivity contribution in [2.75, 3.05) is 9.80 Å². The summed E-state index contributed by atoms with van der Waals surface area (Å²) in [5.74, 6) is 0. The summed E-state index contributed by atoms with van der Waals surface area (Å²) in [6.07, 6.45) is 0. The molecule has 0 aliphatic carbocycles. The molecule has 344 valence electrons. The summed E-state index contributed by atoms with van der Waals surface area (Å²) >= 11 is 0. The standard InChI is InChI=1S/C66H63BN2Si/c1-64(2,3)47-34-37-50(38-35-47)68-59-40-36-48(65(4,5)6)42-56(59)67-57-45-54(70(51-26-16-11-17-27-51,52-28-18-12-19-29-52)53-30-20-13-21-31-53)39-41-60(57)69(62-44-49(66(7,8)9)43-61(68)63(62)67)58-33-23-22-32-55(58)46-24-14-10-15-25-46/h10-45H,1-9H3. The first kappa shape index (κ1) is 45.3. The lowest BCUT2D eigenvalue weighted by atomic mass is 9.33. The number of para-hydroxylation sites is 1. The first-order valence-electron chi connectivity index (χ1n) is 25.1. The molecule has 0 unspecified atom stereocenters. The predicted molar refractivity (Wildman–Crippen MR) is 306 cm³/mol. The van der Waals surface area contributed by atoms with Gasteiger partial charge < -0.3 is 9.80 Å². The molecule has 9 aromatic rings. The van der Waals surface area contributed by atoms with Crippen LogP contribution < -0.4 is 46.9 Å². The molecule has 2 aliphatic rings. The van der Waals surface area contributed by atoms with Gasteiger partial charge in [0.15, 0.2) is 8.07 Å². The Balaban J connectivity index is 1.30. The van der Waals surface area contributed by atoms with Gasteiger partial charge in [-0.2, -0.15) is 0 Å². The van der Waals surface area contributed by atoms with Crippen LogP contribution >= 0.6 is 0 Å². The first-order valence-corrected chi connectivity index (χ1v) is 27.1. The van der Waals surface area contributed by atoms with E-state index in [1.54, 1.807) is 0 Å². The van der Waals surface area contributed by atoms with Crippen LogP contribution in [0.3, 0.4) is 0 Å². The van der Waals surface area contributed by atoms with Crippen molar-refractivity contribution in [2.24, 2.45) is 0 Å². The number of hydrogen-bond acceptors (Lipinski definition) is 2. The minimum Gasteiger partial charge on any atom is -0.311 e. The molecule has 0 spiro atoms. The Morgan fingerprint density at radius 2 is 0.771 bits per heavy atom. The van der Waals surface area contributed by atoms with E-state index >= 15 is 0 Å². The number of nitrogens with zero attached hydrogens (tertiary/aromatic N) is 2. The fraction of sp³-hybridized carbons (Fsp3) is 0.182. The van der Waals surface area contributed by atoms with Crippen molar-refractivity contribution >= 4 is 86.0 Å². The van der Waals surface area contributed by atoms with Crippen LogP contribution in [-0.2, 0) is 16.2 Å². The Labute approximate surface area is 418 Å².